The molecule has 0 aliphatic rings. The molecule has 1 aromatic carbocycles. The molecule has 0 radical (unpaired) electrons. The summed E-state index contributed by atoms with van der Waals surface area (Å²) in [7, 11) is -4.19. The fourth-order valence-corrected chi connectivity index (χ4v) is 2.62. The van der Waals surface area contributed by atoms with Gasteiger partial charge in [0, 0.05) is 11.9 Å². The molecule has 0 spiro atoms. The summed E-state index contributed by atoms with van der Waals surface area (Å²) in [4.78, 5) is 6.76. The fourth-order valence-electron chi connectivity index (χ4n) is 1.44. The Hall–Kier alpha value is -1.93. The molecule has 0 bridgehead atoms. The van der Waals surface area contributed by atoms with Crippen LogP contribution in [0, 0.1) is 12.7 Å². The second-order valence-corrected chi connectivity index (χ2v) is 5.99. The maximum atomic E-state index is 13.8. The number of anilines is 2. The van der Waals surface area contributed by atoms with E-state index in [9.17, 15) is 12.8 Å². The summed E-state index contributed by atoms with van der Waals surface area (Å²) in [6, 6.07) is 3.46. The zero-order valence-electron chi connectivity index (χ0n) is 10.3. The quantitative estimate of drug-likeness (QED) is 0.666. The number of nitrogens with two attached hydrogens (primary N) is 1. The van der Waals surface area contributed by atoms with Gasteiger partial charge in [0.15, 0.2) is 0 Å². The predicted molar refractivity (Wildman–Crippen MR) is 73.4 cm³/mol. The summed E-state index contributed by atoms with van der Waals surface area (Å²) in [5.74, 6) is -1.16. The summed E-state index contributed by atoms with van der Waals surface area (Å²) in [5, 5.41) is 0.0570. The summed E-state index contributed by atoms with van der Waals surface area (Å²) in [6.45, 7) is 1.57. The van der Waals surface area contributed by atoms with Crippen molar-refractivity contribution in [3.63, 3.8) is 0 Å². The van der Waals surface area contributed by atoms with Crippen LogP contribution in [0.2, 0.25) is 5.15 Å². The number of aryl methyl sites for hydroxylation is 1. The van der Waals surface area contributed by atoms with Gasteiger partial charge in [0.25, 0.3) is 10.0 Å². The first-order chi connectivity index (χ1) is 9.29. The summed E-state index contributed by atoms with van der Waals surface area (Å²) in [6.07, 6.45) is 1.27. The van der Waals surface area contributed by atoms with Crippen molar-refractivity contribution >= 4 is 33.3 Å². The molecule has 3 N–H and O–H groups in total. The molecule has 1 aromatic heterocycles. The minimum Gasteiger partial charge on any atom is -0.398 e. The molecule has 0 atom stereocenters. The van der Waals surface area contributed by atoms with Gasteiger partial charge in [-0.05, 0) is 30.7 Å². The maximum Gasteiger partial charge on any atom is 0.267 e. The van der Waals surface area contributed by atoms with Crippen LogP contribution in [0.1, 0.15) is 5.56 Å². The maximum absolute atomic E-state index is 13.8. The van der Waals surface area contributed by atoms with Gasteiger partial charge in [-0.15, -0.1) is 0 Å². The van der Waals surface area contributed by atoms with Gasteiger partial charge < -0.3 is 5.73 Å². The van der Waals surface area contributed by atoms with Crippen molar-refractivity contribution in [3.05, 3.63) is 40.9 Å². The number of benzene rings is 1. The number of halogens is 2. The van der Waals surface area contributed by atoms with E-state index >= 15 is 0 Å². The van der Waals surface area contributed by atoms with Crippen molar-refractivity contribution in [2.24, 2.45) is 0 Å². The zero-order chi connectivity index (χ0) is 14.9. The van der Waals surface area contributed by atoms with Crippen LogP contribution < -0.4 is 10.5 Å². The van der Waals surface area contributed by atoms with E-state index in [4.69, 9.17) is 17.3 Å². The molecule has 0 unspecified atom stereocenters. The van der Waals surface area contributed by atoms with Crippen LogP contribution in [0.5, 0.6) is 0 Å². The monoisotopic (exact) mass is 316 g/mol. The van der Waals surface area contributed by atoms with Gasteiger partial charge >= 0.3 is 0 Å². The second-order valence-electron chi connectivity index (χ2n) is 3.95. The number of rotatable bonds is 3. The smallest absolute Gasteiger partial charge is 0.267 e. The molecule has 0 aliphatic heterocycles. The van der Waals surface area contributed by atoms with Gasteiger partial charge in [-0.25, -0.2) is 27.5 Å². The molecule has 2 aromatic rings. The minimum atomic E-state index is -4.19. The minimum absolute atomic E-state index is 0.0570. The topological polar surface area (TPSA) is 98.0 Å². The van der Waals surface area contributed by atoms with E-state index in [1.807, 2.05) is 4.72 Å². The zero-order valence-corrected chi connectivity index (χ0v) is 11.8. The van der Waals surface area contributed by atoms with Crippen molar-refractivity contribution < 1.29 is 12.8 Å². The molecular formula is C11H10ClFN4O2S. The number of nitrogen functional groups attached to an aromatic ring is 1. The highest BCUT2D eigenvalue weighted by Crippen LogP contribution is 2.23. The molecule has 0 amide bonds. The van der Waals surface area contributed by atoms with E-state index in [-0.39, 0.29) is 16.8 Å². The van der Waals surface area contributed by atoms with Crippen LogP contribution in [-0.4, -0.2) is 18.4 Å². The SMILES string of the molecule is Cc1cc(F)c(S(=O)(=O)Nc2nccc(Cl)n2)cc1N. The Balaban J connectivity index is 2.43. The molecule has 1 heterocycles. The highest BCUT2D eigenvalue weighted by atomic mass is 35.5. The Labute approximate surface area is 119 Å². The first-order valence-electron chi connectivity index (χ1n) is 5.36. The molecular weight excluding hydrogens is 307 g/mol. The van der Waals surface area contributed by atoms with E-state index in [2.05, 4.69) is 9.97 Å². The molecule has 0 saturated carbocycles. The fraction of sp³-hybridized carbons (Fsp3) is 0.0909. The molecule has 20 heavy (non-hydrogen) atoms. The Morgan fingerprint density at radius 3 is 2.75 bits per heavy atom. The van der Waals surface area contributed by atoms with Crippen molar-refractivity contribution in [1.29, 1.82) is 0 Å². The van der Waals surface area contributed by atoms with Crippen LogP contribution >= 0.6 is 11.6 Å². The number of sulfonamides is 1. The summed E-state index contributed by atoms with van der Waals surface area (Å²) in [5.41, 5.74) is 6.20. The average Bonchev–Trinajstić information content (AvgIpc) is 2.33. The molecule has 0 saturated heterocycles. The third-order valence-corrected chi connectivity index (χ3v) is 4.01. The number of nitrogens with one attached hydrogen (secondary N) is 1. The third kappa shape index (κ3) is 2.97. The van der Waals surface area contributed by atoms with Gasteiger partial charge in [0.1, 0.15) is 15.9 Å². The number of nitrogens with zero attached hydrogens (tertiary/aromatic N) is 2. The standard InChI is InChI=1S/C11H10ClFN4O2S/c1-6-4-7(13)9(5-8(6)14)20(18,19)17-11-15-3-2-10(12)16-11/h2-5H,14H2,1H3,(H,15,16,17). The second kappa shape index (κ2) is 5.22. The summed E-state index contributed by atoms with van der Waals surface area (Å²) >= 11 is 5.62. The lowest BCUT2D eigenvalue weighted by molar-refractivity contribution is 0.569. The van der Waals surface area contributed by atoms with Gasteiger partial charge in [-0.3, -0.25) is 0 Å². The first-order valence-corrected chi connectivity index (χ1v) is 7.23. The van der Waals surface area contributed by atoms with Crippen molar-refractivity contribution in [1.82, 2.24) is 9.97 Å². The van der Waals surface area contributed by atoms with Crippen LogP contribution in [-0.2, 0) is 10.0 Å². The predicted octanol–water partition coefficient (Wildman–Crippen LogP) is 1.96. The van der Waals surface area contributed by atoms with E-state index in [0.29, 0.717) is 5.56 Å². The van der Waals surface area contributed by atoms with E-state index in [0.717, 1.165) is 12.1 Å². The molecule has 2 rings (SSSR count). The molecule has 0 fully saturated rings. The molecule has 106 valence electrons. The Morgan fingerprint density at radius 1 is 1.40 bits per heavy atom. The van der Waals surface area contributed by atoms with Gasteiger partial charge in [0.2, 0.25) is 5.95 Å². The van der Waals surface area contributed by atoms with Crippen LogP contribution in [0.25, 0.3) is 0 Å². The Bertz CT molecular complexity index is 767. The van der Waals surface area contributed by atoms with Gasteiger partial charge in [0.05, 0.1) is 0 Å². The van der Waals surface area contributed by atoms with Crippen LogP contribution in [0.15, 0.2) is 29.3 Å². The van der Waals surface area contributed by atoms with Crippen LogP contribution in [0.3, 0.4) is 0 Å². The summed E-state index contributed by atoms with van der Waals surface area (Å²) < 4.78 is 39.9. The molecule has 0 aliphatic carbocycles. The normalized spacial score (nSPS) is 11.3. The lowest BCUT2D eigenvalue weighted by atomic mass is 10.2. The first kappa shape index (κ1) is 14.5. The largest absolute Gasteiger partial charge is 0.398 e. The van der Waals surface area contributed by atoms with Gasteiger partial charge in [-0.1, -0.05) is 11.6 Å². The lowest BCUT2D eigenvalue weighted by Crippen LogP contribution is -2.17. The van der Waals surface area contributed by atoms with Gasteiger partial charge in [-0.2, -0.15) is 0 Å². The average molecular weight is 317 g/mol. The molecule has 6 nitrogen and oxygen atoms in total. The number of hydrogen-bond acceptors (Lipinski definition) is 5. The van der Waals surface area contributed by atoms with E-state index in [1.54, 1.807) is 6.92 Å². The lowest BCUT2D eigenvalue weighted by Gasteiger charge is -2.09. The molecule has 9 heteroatoms. The van der Waals surface area contributed by atoms with E-state index in [1.165, 1.54) is 12.3 Å². The highest BCUT2D eigenvalue weighted by Gasteiger charge is 2.21. The Morgan fingerprint density at radius 2 is 2.10 bits per heavy atom. The number of hydrogen-bond donors (Lipinski definition) is 2. The third-order valence-electron chi connectivity index (χ3n) is 2.46. The van der Waals surface area contributed by atoms with Crippen molar-refractivity contribution in [2.45, 2.75) is 11.8 Å². The highest BCUT2D eigenvalue weighted by molar-refractivity contribution is 7.92. The van der Waals surface area contributed by atoms with Crippen LogP contribution in [0.4, 0.5) is 16.0 Å². The van der Waals surface area contributed by atoms with E-state index < -0.39 is 20.7 Å². The number of aromatic nitrogens is 2. The van der Waals surface area contributed by atoms with Crippen molar-refractivity contribution in [2.75, 3.05) is 10.5 Å². The van der Waals surface area contributed by atoms with Crippen molar-refractivity contribution in [3.8, 4) is 0 Å². The Kier molecular flexibility index (Phi) is 3.78.